The first-order chi connectivity index (χ1) is 8.90. The van der Waals surface area contributed by atoms with Crippen LogP contribution < -0.4 is 11.1 Å². The number of rotatable bonds is 1. The molecule has 2 rings (SSSR count). The number of piperazine rings is 1. The zero-order valence-electron chi connectivity index (χ0n) is 11.4. The van der Waals surface area contributed by atoms with Crippen molar-refractivity contribution in [3.63, 3.8) is 0 Å². The fourth-order valence-electron chi connectivity index (χ4n) is 2.88. The second kappa shape index (κ2) is 5.28. The number of hydrogen-bond donors (Lipinski definition) is 2. The number of nitrogens with two attached hydrogens (primary N) is 1. The molecule has 1 heterocycles. The summed E-state index contributed by atoms with van der Waals surface area (Å²) in [6, 6.07) is -0.773. The van der Waals surface area contributed by atoms with Gasteiger partial charge >= 0.3 is 0 Å². The molecule has 0 bridgehead atoms. The van der Waals surface area contributed by atoms with Crippen LogP contribution in [0.1, 0.15) is 33.1 Å². The summed E-state index contributed by atoms with van der Waals surface area (Å²) in [5.74, 6) is -0.811. The van der Waals surface area contributed by atoms with Crippen LogP contribution in [0.2, 0.25) is 0 Å². The minimum atomic E-state index is -0.602. The van der Waals surface area contributed by atoms with Gasteiger partial charge in [0.15, 0.2) is 0 Å². The average Bonchev–Trinajstić information content (AvgIpc) is 2.36. The quantitative estimate of drug-likeness (QED) is 0.634. The van der Waals surface area contributed by atoms with Gasteiger partial charge in [-0.25, -0.2) is 0 Å². The highest BCUT2D eigenvalue weighted by atomic mass is 16.2. The van der Waals surface area contributed by atoms with E-state index in [0.29, 0.717) is 5.92 Å². The van der Waals surface area contributed by atoms with Crippen LogP contribution in [-0.4, -0.2) is 41.2 Å². The summed E-state index contributed by atoms with van der Waals surface area (Å²) in [6.45, 7) is 3.68. The molecular formula is C13H21N3O3. The Kier molecular flexibility index (Phi) is 3.89. The van der Waals surface area contributed by atoms with Crippen molar-refractivity contribution in [2.75, 3.05) is 6.54 Å². The molecule has 0 radical (unpaired) electrons. The molecule has 0 aromatic heterocycles. The number of carbonyl (C=O) groups excluding carboxylic acids is 3. The predicted octanol–water partition coefficient (Wildman–Crippen LogP) is -0.377. The third kappa shape index (κ3) is 2.78. The lowest BCUT2D eigenvalue weighted by Crippen LogP contribution is -2.61. The van der Waals surface area contributed by atoms with Crippen molar-refractivity contribution in [2.24, 2.45) is 17.6 Å². The Morgan fingerprint density at radius 1 is 1.32 bits per heavy atom. The summed E-state index contributed by atoms with van der Waals surface area (Å²) in [7, 11) is 0. The average molecular weight is 267 g/mol. The molecule has 6 heteroatoms. The Balaban J connectivity index is 2.13. The first kappa shape index (κ1) is 14.0. The SMILES string of the molecule is CC1CCC(N)C(C(=O)N2CC(=O)NC(=O)C2C)C1. The highest BCUT2D eigenvalue weighted by Crippen LogP contribution is 2.30. The molecule has 1 saturated heterocycles. The van der Waals surface area contributed by atoms with E-state index in [4.69, 9.17) is 5.73 Å². The van der Waals surface area contributed by atoms with Crippen LogP contribution >= 0.6 is 0 Å². The van der Waals surface area contributed by atoms with E-state index in [2.05, 4.69) is 12.2 Å². The van der Waals surface area contributed by atoms with Gasteiger partial charge in [0, 0.05) is 6.04 Å². The van der Waals surface area contributed by atoms with E-state index < -0.39 is 17.9 Å². The van der Waals surface area contributed by atoms with Crippen LogP contribution in [-0.2, 0) is 14.4 Å². The number of nitrogens with zero attached hydrogens (tertiary/aromatic N) is 1. The molecule has 2 aliphatic rings. The molecule has 1 aliphatic heterocycles. The maximum atomic E-state index is 12.5. The Morgan fingerprint density at radius 2 is 2.00 bits per heavy atom. The Labute approximate surface area is 112 Å². The van der Waals surface area contributed by atoms with E-state index in [-0.39, 0.29) is 24.4 Å². The molecule has 1 aliphatic carbocycles. The van der Waals surface area contributed by atoms with E-state index in [9.17, 15) is 14.4 Å². The van der Waals surface area contributed by atoms with E-state index in [1.807, 2.05) is 0 Å². The van der Waals surface area contributed by atoms with Gasteiger partial charge in [-0.1, -0.05) is 6.92 Å². The van der Waals surface area contributed by atoms with Crippen LogP contribution in [0.3, 0.4) is 0 Å². The number of hydrogen-bond acceptors (Lipinski definition) is 4. The van der Waals surface area contributed by atoms with Crippen molar-refractivity contribution >= 4 is 17.7 Å². The molecule has 19 heavy (non-hydrogen) atoms. The van der Waals surface area contributed by atoms with Crippen LogP contribution in [0, 0.1) is 11.8 Å². The molecule has 4 unspecified atom stereocenters. The second-order valence-corrected chi connectivity index (χ2v) is 5.74. The molecule has 0 aromatic carbocycles. The van der Waals surface area contributed by atoms with Crippen molar-refractivity contribution in [1.29, 1.82) is 0 Å². The van der Waals surface area contributed by atoms with Gasteiger partial charge < -0.3 is 10.6 Å². The fourth-order valence-corrected chi connectivity index (χ4v) is 2.88. The fraction of sp³-hybridized carbons (Fsp3) is 0.769. The summed E-state index contributed by atoms with van der Waals surface area (Å²) in [4.78, 5) is 36.9. The molecule has 106 valence electrons. The smallest absolute Gasteiger partial charge is 0.249 e. The van der Waals surface area contributed by atoms with Gasteiger partial charge in [0.25, 0.3) is 0 Å². The maximum Gasteiger partial charge on any atom is 0.249 e. The van der Waals surface area contributed by atoms with Gasteiger partial charge in [-0.3, -0.25) is 19.7 Å². The molecule has 1 saturated carbocycles. The Morgan fingerprint density at radius 3 is 2.68 bits per heavy atom. The highest BCUT2D eigenvalue weighted by molar-refractivity contribution is 6.04. The standard InChI is InChI=1S/C13H21N3O3/c1-7-3-4-10(14)9(5-7)13(19)16-6-11(17)15-12(18)8(16)2/h7-10H,3-6,14H2,1-2H3,(H,15,17,18). The van der Waals surface area contributed by atoms with E-state index in [1.165, 1.54) is 4.90 Å². The topological polar surface area (TPSA) is 92.5 Å². The van der Waals surface area contributed by atoms with Gasteiger partial charge in [0.05, 0.1) is 5.92 Å². The van der Waals surface area contributed by atoms with Crippen molar-refractivity contribution < 1.29 is 14.4 Å². The lowest BCUT2D eigenvalue weighted by Gasteiger charge is -2.38. The first-order valence-corrected chi connectivity index (χ1v) is 6.80. The molecule has 3 amide bonds. The zero-order chi connectivity index (χ0) is 14.2. The van der Waals surface area contributed by atoms with Crippen molar-refractivity contribution in [1.82, 2.24) is 10.2 Å². The molecule has 0 aromatic rings. The number of carbonyl (C=O) groups is 3. The third-order valence-electron chi connectivity index (χ3n) is 4.19. The van der Waals surface area contributed by atoms with Crippen LogP contribution in [0.15, 0.2) is 0 Å². The van der Waals surface area contributed by atoms with Gasteiger partial charge in [-0.2, -0.15) is 0 Å². The summed E-state index contributed by atoms with van der Waals surface area (Å²) in [5, 5.41) is 2.23. The number of nitrogens with one attached hydrogen (secondary N) is 1. The Hall–Kier alpha value is -1.43. The lowest BCUT2D eigenvalue weighted by atomic mass is 9.78. The molecular weight excluding hydrogens is 246 g/mol. The molecule has 2 fully saturated rings. The minimum absolute atomic E-state index is 0.0522. The number of amides is 3. The first-order valence-electron chi connectivity index (χ1n) is 6.80. The molecule has 0 spiro atoms. The Bertz CT molecular complexity index is 410. The van der Waals surface area contributed by atoms with Crippen LogP contribution in [0.5, 0.6) is 0 Å². The minimum Gasteiger partial charge on any atom is -0.327 e. The summed E-state index contributed by atoms with van der Waals surface area (Å²) < 4.78 is 0. The van der Waals surface area contributed by atoms with Crippen LogP contribution in [0.25, 0.3) is 0 Å². The van der Waals surface area contributed by atoms with Gasteiger partial charge in [-0.05, 0) is 32.1 Å². The van der Waals surface area contributed by atoms with E-state index >= 15 is 0 Å². The molecule has 6 nitrogen and oxygen atoms in total. The zero-order valence-corrected chi connectivity index (χ0v) is 11.4. The van der Waals surface area contributed by atoms with E-state index in [1.54, 1.807) is 6.92 Å². The normalized spacial score (nSPS) is 36.1. The van der Waals surface area contributed by atoms with Gasteiger partial charge in [0.1, 0.15) is 12.6 Å². The van der Waals surface area contributed by atoms with Crippen molar-refractivity contribution in [3.05, 3.63) is 0 Å². The predicted molar refractivity (Wildman–Crippen MR) is 68.8 cm³/mol. The summed E-state index contributed by atoms with van der Waals surface area (Å²) in [6.07, 6.45) is 2.58. The van der Waals surface area contributed by atoms with Crippen LogP contribution in [0.4, 0.5) is 0 Å². The third-order valence-corrected chi connectivity index (χ3v) is 4.19. The lowest BCUT2D eigenvalue weighted by molar-refractivity contribution is -0.152. The van der Waals surface area contributed by atoms with Gasteiger partial charge in [-0.15, -0.1) is 0 Å². The summed E-state index contributed by atoms with van der Waals surface area (Å²) in [5.41, 5.74) is 6.03. The number of imide groups is 1. The monoisotopic (exact) mass is 267 g/mol. The maximum absolute atomic E-state index is 12.5. The van der Waals surface area contributed by atoms with E-state index in [0.717, 1.165) is 19.3 Å². The largest absolute Gasteiger partial charge is 0.327 e. The van der Waals surface area contributed by atoms with Crippen molar-refractivity contribution in [3.8, 4) is 0 Å². The molecule has 3 N–H and O–H groups in total. The van der Waals surface area contributed by atoms with Crippen molar-refractivity contribution in [2.45, 2.75) is 45.2 Å². The van der Waals surface area contributed by atoms with Gasteiger partial charge in [0.2, 0.25) is 17.7 Å². The second-order valence-electron chi connectivity index (χ2n) is 5.74. The molecule has 4 atom stereocenters. The summed E-state index contributed by atoms with van der Waals surface area (Å²) >= 11 is 0. The highest BCUT2D eigenvalue weighted by Gasteiger charge is 2.40.